The van der Waals surface area contributed by atoms with Gasteiger partial charge in [0.05, 0.1) is 22.2 Å². The summed E-state index contributed by atoms with van der Waals surface area (Å²) in [5.41, 5.74) is 5.20. The van der Waals surface area contributed by atoms with Crippen molar-refractivity contribution in [3.05, 3.63) is 115 Å². The number of fused-ring (bicyclic) bond motifs is 5. The first-order chi connectivity index (χ1) is 16.4. The molecule has 3 nitrogen and oxygen atoms in total. The molecule has 7 aromatic rings. The fourth-order valence-corrected chi connectivity index (χ4v) is 4.86. The summed E-state index contributed by atoms with van der Waals surface area (Å²) in [6, 6.07) is 40.2. The second-order valence-electron chi connectivity index (χ2n) is 8.32. The molecule has 0 saturated carbocycles. The molecule has 0 saturated heterocycles. The highest BCUT2D eigenvalue weighted by Gasteiger charge is 2.16. The molecule has 33 heavy (non-hydrogen) atoms. The van der Waals surface area contributed by atoms with E-state index in [0.717, 1.165) is 33.2 Å². The first-order valence-corrected chi connectivity index (χ1v) is 11.1. The van der Waals surface area contributed by atoms with Gasteiger partial charge in [-0.3, -0.25) is 4.57 Å². The smallest absolute Gasteiger partial charge is 0.235 e. The lowest BCUT2D eigenvalue weighted by molar-refractivity contribution is 1.01. The fraction of sp³-hybridized carbons (Fsp3) is 0. The summed E-state index contributed by atoms with van der Waals surface area (Å²) < 4.78 is 2.18. The maximum atomic E-state index is 5.17. The average Bonchev–Trinajstić information content (AvgIpc) is 3.22. The van der Waals surface area contributed by atoms with Gasteiger partial charge < -0.3 is 0 Å². The van der Waals surface area contributed by atoms with Crippen molar-refractivity contribution in [3.8, 4) is 17.2 Å². The molecule has 5 aromatic carbocycles. The van der Waals surface area contributed by atoms with Crippen molar-refractivity contribution < 1.29 is 0 Å². The highest BCUT2D eigenvalue weighted by Crippen LogP contribution is 2.34. The number of benzene rings is 5. The molecule has 0 atom stereocenters. The third kappa shape index (κ3) is 2.76. The zero-order valence-electron chi connectivity index (χ0n) is 17.8. The van der Waals surface area contributed by atoms with Crippen LogP contribution in [-0.2, 0) is 0 Å². The minimum atomic E-state index is 0.689. The number of aromatic nitrogens is 3. The summed E-state index contributed by atoms with van der Waals surface area (Å²) in [6.45, 7) is 0. The molecule has 2 aromatic heterocycles. The number of hydrogen-bond donors (Lipinski definition) is 0. The zero-order valence-corrected chi connectivity index (χ0v) is 17.8. The summed E-state index contributed by atoms with van der Waals surface area (Å²) in [4.78, 5) is 10.2. The minimum absolute atomic E-state index is 0.689. The molecule has 0 amide bonds. The first-order valence-electron chi connectivity index (χ1n) is 11.1. The lowest BCUT2D eigenvalue weighted by Crippen LogP contribution is -2.03. The van der Waals surface area contributed by atoms with E-state index >= 15 is 0 Å². The molecular formula is C30H19N3. The number of nitrogens with zero attached hydrogens (tertiary/aromatic N) is 3. The molecule has 154 valence electrons. The molecule has 3 heteroatoms. The van der Waals surface area contributed by atoms with Crippen molar-refractivity contribution in [1.29, 1.82) is 0 Å². The summed E-state index contributed by atoms with van der Waals surface area (Å²) >= 11 is 0. The van der Waals surface area contributed by atoms with E-state index in [1.165, 1.54) is 21.5 Å². The van der Waals surface area contributed by atoms with Gasteiger partial charge >= 0.3 is 0 Å². The molecular weight excluding hydrogens is 402 g/mol. The van der Waals surface area contributed by atoms with Crippen molar-refractivity contribution in [2.45, 2.75) is 0 Å². The second-order valence-corrected chi connectivity index (χ2v) is 8.32. The highest BCUT2D eigenvalue weighted by molar-refractivity contribution is 6.09. The van der Waals surface area contributed by atoms with Gasteiger partial charge in [-0.1, -0.05) is 91.0 Å². The Hall–Kier alpha value is -4.50. The molecule has 0 aliphatic heterocycles. The van der Waals surface area contributed by atoms with Gasteiger partial charge in [0.25, 0.3) is 0 Å². The Kier molecular flexibility index (Phi) is 3.84. The van der Waals surface area contributed by atoms with Crippen LogP contribution in [0.1, 0.15) is 0 Å². The molecule has 0 fully saturated rings. The predicted molar refractivity (Wildman–Crippen MR) is 137 cm³/mol. The SMILES string of the molecule is c1ccc2cc(-c3nc(-n4c5ccccc5c5ccccc54)nc4ccccc34)ccc2c1. The van der Waals surface area contributed by atoms with Crippen LogP contribution in [0, 0.1) is 0 Å². The Morgan fingerprint density at radius 1 is 0.485 bits per heavy atom. The maximum Gasteiger partial charge on any atom is 0.235 e. The minimum Gasteiger partial charge on any atom is -0.278 e. The molecule has 0 unspecified atom stereocenters. The quantitative estimate of drug-likeness (QED) is 0.289. The van der Waals surface area contributed by atoms with E-state index in [-0.39, 0.29) is 0 Å². The van der Waals surface area contributed by atoms with Crippen LogP contribution in [0.4, 0.5) is 0 Å². The van der Waals surface area contributed by atoms with Gasteiger partial charge in [0.15, 0.2) is 0 Å². The second kappa shape index (κ2) is 7.01. The maximum absolute atomic E-state index is 5.17. The third-order valence-corrected chi connectivity index (χ3v) is 6.39. The van der Waals surface area contributed by atoms with Gasteiger partial charge in [-0.2, -0.15) is 0 Å². The molecule has 0 bridgehead atoms. The topological polar surface area (TPSA) is 30.7 Å². The van der Waals surface area contributed by atoms with Gasteiger partial charge in [0.1, 0.15) is 0 Å². The summed E-state index contributed by atoms with van der Waals surface area (Å²) in [5.74, 6) is 0.689. The van der Waals surface area contributed by atoms with Crippen LogP contribution >= 0.6 is 0 Å². The Morgan fingerprint density at radius 3 is 1.85 bits per heavy atom. The van der Waals surface area contributed by atoms with E-state index in [2.05, 4.69) is 114 Å². The third-order valence-electron chi connectivity index (χ3n) is 6.39. The molecule has 7 rings (SSSR count). The van der Waals surface area contributed by atoms with Crippen LogP contribution in [-0.4, -0.2) is 14.5 Å². The molecule has 0 aliphatic rings. The summed E-state index contributed by atoms with van der Waals surface area (Å²) in [5, 5.41) is 5.89. The Labute approximate surface area is 190 Å². The summed E-state index contributed by atoms with van der Waals surface area (Å²) in [6.07, 6.45) is 0. The van der Waals surface area contributed by atoms with Gasteiger partial charge in [-0.05, 0) is 35.0 Å². The van der Waals surface area contributed by atoms with Crippen LogP contribution in [0.3, 0.4) is 0 Å². The molecule has 0 aliphatic carbocycles. The predicted octanol–water partition coefficient (Wildman–Crippen LogP) is 7.55. The van der Waals surface area contributed by atoms with Crippen LogP contribution in [0.15, 0.2) is 115 Å². The Balaban J connectivity index is 1.58. The molecule has 0 spiro atoms. The molecule has 0 radical (unpaired) electrons. The van der Waals surface area contributed by atoms with E-state index in [1.54, 1.807) is 0 Å². The van der Waals surface area contributed by atoms with Crippen molar-refractivity contribution in [1.82, 2.24) is 14.5 Å². The molecule has 2 heterocycles. The number of hydrogen-bond acceptors (Lipinski definition) is 2. The van der Waals surface area contributed by atoms with Crippen LogP contribution in [0.25, 0.3) is 60.7 Å². The Morgan fingerprint density at radius 2 is 1.09 bits per heavy atom. The lowest BCUT2D eigenvalue weighted by Gasteiger charge is -2.12. The molecule has 0 N–H and O–H groups in total. The average molecular weight is 422 g/mol. The normalized spacial score (nSPS) is 11.6. The highest BCUT2D eigenvalue weighted by atomic mass is 15.2. The van der Waals surface area contributed by atoms with E-state index in [4.69, 9.17) is 9.97 Å². The Bertz CT molecular complexity index is 1770. The van der Waals surface area contributed by atoms with Gasteiger partial charge in [-0.25, -0.2) is 9.97 Å². The van der Waals surface area contributed by atoms with E-state index in [0.29, 0.717) is 5.95 Å². The van der Waals surface area contributed by atoms with Gasteiger partial charge in [0.2, 0.25) is 5.95 Å². The zero-order chi connectivity index (χ0) is 21.8. The van der Waals surface area contributed by atoms with E-state index in [9.17, 15) is 0 Å². The van der Waals surface area contributed by atoms with Gasteiger partial charge in [-0.15, -0.1) is 0 Å². The van der Waals surface area contributed by atoms with Crippen LogP contribution in [0.2, 0.25) is 0 Å². The van der Waals surface area contributed by atoms with Crippen molar-refractivity contribution >= 4 is 43.5 Å². The standard InChI is InChI=1S/C30H19N3/c1-2-10-21-19-22(18-17-20(21)9-1)29-25-13-3-6-14-26(25)31-30(32-29)33-27-15-7-4-11-23(27)24-12-5-8-16-28(24)33/h1-19H. The largest absolute Gasteiger partial charge is 0.278 e. The number of para-hydroxylation sites is 3. The first kappa shape index (κ1) is 18.1. The summed E-state index contributed by atoms with van der Waals surface area (Å²) in [7, 11) is 0. The van der Waals surface area contributed by atoms with Crippen molar-refractivity contribution in [2.75, 3.05) is 0 Å². The monoisotopic (exact) mass is 421 g/mol. The van der Waals surface area contributed by atoms with Crippen LogP contribution in [0.5, 0.6) is 0 Å². The fourth-order valence-electron chi connectivity index (χ4n) is 4.86. The van der Waals surface area contributed by atoms with Crippen LogP contribution < -0.4 is 0 Å². The number of rotatable bonds is 2. The lowest BCUT2D eigenvalue weighted by atomic mass is 10.0. The van der Waals surface area contributed by atoms with Crippen molar-refractivity contribution in [2.24, 2.45) is 0 Å². The van der Waals surface area contributed by atoms with E-state index in [1.807, 2.05) is 6.07 Å². The van der Waals surface area contributed by atoms with Gasteiger partial charge in [0, 0.05) is 21.7 Å². The van der Waals surface area contributed by atoms with Crippen molar-refractivity contribution in [3.63, 3.8) is 0 Å². The van der Waals surface area contributed by atoms with E-state index < -0.39 is 0 Å².